The number of fused-ring (bicyclic) bond motifs is 3. The van der Waals surface area contributed by atoms with Gasteiger partial charge in [-0.2, -0.15) is 0 Å². The molecule has 1 aliphatic heterocycles. The van der Waals surface area contributed by atoms with Gasteiger partial charge in [0.1, 0.15) is 0 Å². The zero-order chi connectivity index (χ0) is 20.1. The van der Waals surface area contributed by atoms with Crippen molar-refractivity contribution >= 4 is 5.78 Å². The molecule has 1 saturated heterocycles. The van der Waals surface area contributed by atoms with Gasteiger partial charge in [-0.05, 0) is 77.7 Å². The first-order valence-electron chi connectivity index (χ1n) is 10.1. The Morgan fingerprint density at radius 2 is 1.85 bits per heavy atom. The van der Waals surface area contributed by atoms with Gasteiger partial charge in [-0.25, -0.2) is 0 Å². The van der Waals surface area contributed by atoms with Gasteiger partial charge in [-0.1, -0.05) is 29.9 Å². The van der Waals surface area contributed by atoms with Gasteiger partial charge in [0.25, 0.3) is 0 Å². The van der Waals surface area contributed by atoms with Gasteiger partial charge in [-0.15, -0.1) is 0 Å². The number of aliphatic hydroxyl groups excluding tert-OH is 1. The maximum Gasteiger partial charge on any atom is 0.155 e. The summed E-state index contributed by atoms with van der Waals surface area (Å²) in [4.78, 5) is 11.5. The van der Waals surface area contributed by atoms with Crippen LogP contribution in [0.3, 0.4) is 0 Å². The molecule has 0 radical (unpaired) electrons. The van der Waals surface area contributed by atoms with E-state index in [1.807, 2.05) is 19.1 Å². The van der Waals surface area contributed by atoms with E-state index in [2.05, 4.69) is 32.9 Å². The molecule has 4 nitrogen and oxygen atoms in total. The Morgan fingerprint density at radius 1 is 1.19 bits per heavy atom. The molecule has 0 amide bonds. The minimum absolute atomic E-state index is 0.0732. The van der Waals surface area contributed by atoms with Gasteiger partial charge in [0.05, 0.1) is 23.4 Å². The predicted octanol–water partition coefficient (Wildman–Crippen LogP) is 3.59. The summed E-state index contributed by atoms with van der Waals surface area (Å²) in [6.07, 6.45) is 8.76. The third-order valence-corrected chi connectivity index (χ3v) is 7.37. The summed E-state index contributed by atoms with van der Waals surface area (Å²) in [7, 11) is 0. The Balaban J connectivity index is 1.98. The topological polar surface area (TPSA) is 70.1 Å². The van der Waals surface area contributed by atoms with Crippen LogP contribution in [-0.4, -0.2) is 39.4 Å². The Kier molecular flexibility index (Phi) is 5.30. The van der Waals surface area contributed by atoms with Crippen molar-refractivity contribution in [3.63, 3.8) is 0 Å². The van der Waals surface area contributed by atoms with Crippen LogP contribution in [0.4, 0.5) is 0 Å². The van der Waals surface area contributed by atoms with Crippen molar-refractivity contribution in [1.29, 1.82) is 0 Å². The van der Waals surface area contributed by atoms with E-state index >= 15 is 0 Å². The lowest BCUT2D eigenvalue weighted by Gasteiger charge is -2.50. The van der Waals surface area contributed by atoms with Crippen LogP contribution in [0.5, 0.6) is 0 Å². The number of allylic oxidation sites excluding steroid dienone is 5. The van der Waals surface area contributed by atoms with E-state index in [9.17, 15) is 15.0 Å². The van der Waals surface area contributed by atoms with Crippen LogP contribution in [0.25, 0.3) is 0 Å². The van der Waals surface area contributed by atoms with E-state index in [-0.39, 0.29) is 41.2 Å². The molecule has 2 aliphatic carbocycles. The maximum absolute atomic E-state index is 11.5. The highest BCUT2D eigenvalue weighted by Gasteiger charge is 2.70. The van der Waals surface area contributed by atoms with Gasteiger partial charge in [0, 0.05) is 5.92 Å². The first-order chi connectivity index (χ1) is 12.5. The van der Waals surface area contributed by atoms with Crippen LogP contribution in [0.15, 0.2) is 35.5 Å². The molecule has 0 bridgehead atoms. The highest BCUT2D eigenvalue weighted by Crippen LogP contribution is 2.64. The van der Waals surface area contributed by atoms with E-state index in [4.69, 9.17) is 4.74 Å². The number of aliphatic hydroxyl groups is 2. The van der Waals surface area contributed by atoms with Crippen molar-refractivity contribution in [2.45, 2.75) is 77.8 Å². The van der Waals surface area contributed by atoms with Crippen molar-refractivity contribution in [1.82, 2.24) is 0 Å². The number of hydrogen-bond acceptors (Lipinski definition) is 4. The van der Waals surface area contributed by atoms with Gasteiger partial charge in [0.2, 0.25) is 0 Å². The normalized spacial score (nSPS) is 47.6. The lowest BCUT2D eigenvalue weighted by Crippen LogP contribution is -2.55. The van der Waals surface area contributed by atoms with Crippen LogP contribution in [0.1, 0.15) is 54.4 Å². The van der Waals surface area contributed by atoms with Crippen molar-refractivity contribution < 1.29 is 19.7 Å². The molecule has 4 heteroatoms. The molecule has 8 unspecified atom stereocenters. The Bertz CT molecular complexity index is 701. The minimum Gasteiger partial charge on any atom is -0.390 e. The molecule has 8 atom stereocenters. The number of carbonyl (C=O) groups excluding carboxylic acids is 1. The fourth-order valence-corrected chi connectivity index (χ4v) is 5.49. The van der Waals surface area contributed by atoms with E-state index in [0.29, 0.717) is 12.8 Å². The van der Waals surface area contributed by atoms with Crippen LogP contribution in [0.2, 0.25) is 0 Å². The molecule has 3 fully saturated rings. The largest absolute Gasteiger partial charge is 0.390 e. The molecule has 27 heavy (non-hydrogen) atoms. The van der Waals surface area contributed by atoms with Gasteiger partial charge in [0.15, 0.2) is 5.78 Å². The third-order valence-electron chi connectivity index (χ3n) is 7.37. The molecule has 3 aliphatic rings. The first kappa shape index (κ1) is 20.5. The average molecular weight is 375 g/mol. The summed E-state index contributed by atoms with van der Waals surface area (Å²) in [5.74, 6) is 1.01. The summed E-state index contributed by atoms with van der Waals surface area (Å²) in [5, 5.41) is 21.2. The molecule has 0 spiro atoms. The molecule has 0 aromatic carbocycles. The fourth-order valence-electron chi connectivity index (χ4n) is 5.49. The molecular formula is C23H34O4. The van der Waals surface area contributed by atoms with Gasteiger partial charge >= 0.3 is 0 Å². The number of carbonyl (C=O) groups is 1. The van der Waals surface area contributed by atoms with Crippen LogP contribution in [0, 0.1) is 23.7 Å². The first-order valence-corrected chi connectivity index (χ1v) is 10.1. The summed E-state index contributed by atoms with van der Waals surface area (Å²) in [6, 6.07) is 0. The molecular weight excluding hydrogens is 340 g/mol. The Hall–Kier alpha value is -1.23. The lowest BCUT2D eigenvalue weighted by molar-refractivity contribution is -0.131. The van der Waals surface area contributed by atoms with Gasteiger partial charge < -0.3 is 14.9 Å². The predicted molar refractivity (Wildman–Crippen MR) is 106 cm³/mol. The maximum atomic E-state index is 11.5. The number of hydrogen-bond donors (Lipinski definition) is 2. The SMILES string of the molecule is C/C=C(\C)C1C(/C=C/C=C(\C)C(C)=O)C2CC(O)C(C)(O)CC2C2OC21C. The number of rotatable bonds is 4. The zero-order valence-corrected chi connectivity index (χ0v) is 17.4. The second-order valence-corrected chi connectivity index (χ2v) is 9.24. The summed E-state index contributed by atoms with van der Waals surface area (Å²) in [5.41, 5.74) is 0.754. The Labute approximate surface area is 163 Å². The van der Waals surface area contributed by atoms with E-state index in [1.165, 1.54) is 5.57 Å². The monoisotopic (exact) mass is 374 g/mol. The smallest absolute Gasteiger partial charge is 0.155 e. The molecule has 2 N–H and O–H groups in total. The van der Waals surface area contributed by atoms with Crippen molar-refractivity contribution in [3.05, 3.63) is 35.5 Å². The summed E-state index contributed by atoms with van der Waals surface area (Å²) in [6.45, 7) is 11.5. The summed E-state index contributed by atoms with van der Waals surface area (Å²) < 4.78 is 6.26. The highest BCUT2D eigenvalue weighted by molar-refractivity contribution is 5.92. The third kappa shape index (κ3) is 3.48. The quantitative estimate of drug-likeness (QED) is 0.341. The zero-order valence-electron chi connectivity index (χ0n) is 17.4. The standard InChI is InChI=1S/C23H34O4/c1-7-13(2)20-16(10-8-9-14(3)15(4)24)17-11-19(25)22(5,26)12-18(17)21-23(20,6)27-21/h7-10,16-21,25-26H,11-12H2,1-6H3/b10-8+,13-7+,14-9+. The summed E-state index contributed by atoms with van der Waals surface area (Å²) >= 11 is 0. The van der Waals surface area contributed by atoms with Crippen molar-refractivity contribution in [3.8, 4) is 0 Å². The molecule has 2 saturated carbocycles. The molecule has 3 rings (SSSR count). The average Bonchev–Trinajstić information content (AvgIpc) is 3.28. The van der Waals surface area contributed by atoms with Crippen molar-refractivity contribution in [2.75, 3.05) is 0 Å². The molecule has 1 heterocycles. The second-order valence-electron chi connectivity index (χ2n) is 9.24. The van der Waals surface area contributed by atoms with Gasteiger partial charge in [-0.3, -0.25) is 4.79 Å². The van der Waals surface area contributed by atoms with Crippen LogP contribution in [-0.2, 0) is 9.53 Å². The number of Topliss-reactive ketones (excluding diaryl/α,β-unsaturated/α-hetero) is 1. The van der Waals surface area contributed by atoms with Crippen LogP contribution >= 0.6 is 0 Å². The molecule has 0 aromatic heterocycles. The van der Waals surface area contributed by atoms with E-state index in [1.54, 1.807) is 13.8 Å². The highest BCUT2D eigenvalue weighted by atomic mass is 16.6. The second kappa shape index (κ2) is 6.98. The molecule has 150 valence electrons. The Morgan fingerprint density at radius 3 is 2.44 bits per heavy atom. The molecule has 0 aromatic rings. The van der Waals surface area contributed by atoms with E-state index in [0.717, 1.165) is 5.57 Å². The number of ketones is 1. The van der Waals surface area contributed by atoms with Crippen molar-refractivity contribution in [2.24, 2.45) is 23.7 Å². The number of ether oxygens (including phenoxy) is 1. The number of epoxide rings is 1. The minimum atomic E-state index is -1.06. The fraction of sp³-hybridized carbons (Fsp3) is 0.696. The van der Waals surface area contributed by atoms with E-state index < -0.39 is 11.7 Å². The lowest BCUT2D eigenvalue weighted by atomic mass is 9.54. The van der Waals surface area contributed by atoms with Crippen LogP contribution < -0.4 is 0 Å².